The first-order valence-corrected chi connectivity index (χ1v) is 11.6. The first kappa shape index (κ1) is 23.7. The molecule has 1 saturated heterocycles. The Morgan fingerprint density at radius 1 is 1.18 bits per heavy atom. The number of hydrogen-bond acceptors (Lipinski definition) is 9. The number of thioether (sulfide) groups is 1. The van der Waals surface area contributed by atoms with E-state index in [0.717, 1.165) is 11.8 Å². The maximum absolute atomic E-state index is 12.6. The largest absolute Gasteiger partial charge is 0.494 e. The minimum Gasteiger partial charge on any atom is -0.494 e. The first-order valence-electron chi connectivity index (χ1n) is 10.6. The Hall–Kier alpha value is -3.48. The smallest absolute Gasteiger partial charge is 0.252 e. The summed E-state index contributed by atoms with van der Waals surface area (Å²) in [7, 11) is 0. The van der Waals surface area contributed by atoms with Crippen LogP contribution in [0.4, 0.5) is 5.69 Å². The third-order valence-electron chi connectivity index (χ3n) is 5.01. The number of nitrogens with one attached hydrogen (secondary N) is 4. The molecule has 2 aliphatic heterocycles. The van der Waals surface area contributed by atoms with Gasteiger partial charge in [0.25, 0.3) is 5.91 Å². The molecule has 12 heteroatoms. The molecular formula is C22H25N5O6S. The van der Waals surface area contributed by atoms with E-state index in [1.807, 2.05) is 6.92 Å². The Morgan fingerprint density at radius 3 is 2.68 bits per heavy atom. The zero-order valence-corrected chi connectivity index (χ0v) is 19.1. The lowest BCUT2D eigenvalue weighted by Crippen LogP contribution is -2.70. The summed E-state index contributed by atoms with van der Waals surface area (Å²) in [5.74, 6) is 0.752. The van der Waals surface area contributed by atoms with Crippen molar-refractivity contribution in [3.8, 4) is 17.2 Å². The normalized spacial score (nSPS) is 20.9. The van der Waals surface area contributed by atoms with Gasteiger partial charge in [-0.2, -0.15) is 0 Å². The van der Waals surface area contributed by atoms with Gasteiger partial charge in [0, 0.05) is 17.3 Å². The predicted octanol–water partition coefficient (Wildman–Crippen LogP) is 0.572. The van der Waals surface area contributed by atoms with E-state index in [9.17, 15) is 14.4 Å². The summed E-state index contributed by atoms with van der Waals surface area (Å²) in [5, 5.41) is 11.1. The number of ether oxygens (including phenoxy) is 3. The standard InChI is InChI=1S/C22H25N5O6S/c1-2-31-14-6-3-12(4-7-14)20(29)25-18-19(23)26-22(27-21(18)30)34-10-17(28)24-13-5-8-15-16(9-13)33-11-32-15/h3-9,18-19,22,26H,2,10-11,23H2,1H3,(H,24,28)(H,25,29)(H,27,30). The zero-order valence-electron chi connectivity index (χ0n) is 18.3. The van der Waals surface area contributed by atoms with Gasteiger partial charge in [0.05, 0.1) is 18.5 Å². The van der Waals surface area contributed by atoms with Crippen LogP contribution in [0.2, 0.25) is 0 Å². The lowest BCUT2D eigenvalue weighted by molar-refractivity contribution is -0.125. The fraction of sp³-hybridized carbons (Fsp3) is 0.318. The van der Waals surface area contributed by atoms with E-state index in [4.69, 9.17) is 19.9 Å². The van der Waals surface area contributed by atoms with Gasteiger partial charge in [-0.15, -0.1) is 11.8 Å². The highest BCUT2D eigenvalue weighted by molar-refractivity contribution is 8.00. The van der Waals surface area contributed by atoms with Crippen molar-refractivity contribution in [2.45, 2.75) is 24.6 Å². The van der Waals surface area contributed by atoms with Gasteiger partial charge in [-0.25, -0.2) is 0 Å². The molecule has 2 heterocycles. The lowest BCUT2D eigenvalue weighted by Gasteiger charge is -2.35. The number of amides is 3. The predicted molar refractivity (Wildman–Crippen MR) is 126 cm³/mol. The Kier molecular flexibility index (Phi) is 7.40. The van der Waals surface area contributed by atoms with Crippen molar-refractivity contribution in [3.63, 3.8) is 0 Å². The monoisotopic (exact) mass is 487 g/mol. The van der Waals surface area contributed by atoms with Crippen LogP contribution in [0.1, 0.15) is 17.3 Å². The van der Waals surface area contributed by atoms with Crippen molar-refractivity contribution in [2.75, 3.05) is 24.5 Å². The van der Waals surface area contributed by atoms with Gasteiger partial charge >= 0.3 is 0 Å². The number of anilines is 1. The molecule has 1 fully saturated rings. The van der Waals surface area contributed by atoms with Crippen molar-refractivity contribution in [2.24, 2.45) is 5.73 Å². The van der Waals surface area contributed by atoms with Gasteiger partial charge in [0.15, 0.2) is 11.5 Å². The summed E-state index contributed by atoms with van der Waals surface area (Å²) in [5.41, 5.74) is 6.44. The Morgan fingerprint density at radius 2 is 1.94 bits per heavy atom. The average Bonchev–Trinajstić information content (AvgIpc) is 3.28. The molecule has 2 aromatic rings. The SMILES string of the molecule is CCOc1ccc(C(=O)NC2C(=O)NC(SCC(=O)Nc3ccc4c(c3)OCO4)NC2N)cc1. The number of carbonyl (C=O) groups excluding carboxylic acids is 3. The van der Waals surface area contributed by atoms with E-state index in [1.165, 1.54) is 0 Å². The Balaban J connectivity index is 1.25. The lowest BCUT2D eigenvalue weighted by atomic mass is 10.1. The molecule has 0 spiro atoms. The van der Waals surface area contributed by atoms with Crippen molar-refractivity contribution in [3.05, 3.63) is 48.0 Å². The van der Waals surface area contributed by atoms with E-state index in [2.05, 4.69) is 21.3 Å². The number of hydrogen-bond donors (Lipinski definition) is 5. The van der Waals surface area contributed by atoms with Gasteiger partial charge in [0.2, 0.25) is 18.6 Å². The van der Waals surface area contributed by atoms with Crippen molar-refractivity contribution in [1.82, 2.24) is 16.0 Å². The minimum atomic E-state index is -0.974. The number of nitrogens with two attached hydrogens (primary N) is 1. The van der Waals surface area contributed by atoms with Crippen molar-refractivity contribution < 1.29 is 28.6 Å². The van der Waals surface area contributed by atoms with E-state index in [0.29, 0.717) is 35.1 Å². The van der Waals surface area contributed by atoms with Crippen LogP contribution in [-0.2, 0) is 9.59 Å². The van der Waals surface area contributed by atoms with Crippen molar-refractivity contribution in [1.29, 1.82) is 0 Å². The number of benzene rings is 2. The second-order valence-electron chi connectivity index (χ2n) is 7.42. The second-order valence-corrected chi connectivity index (χ2v) is 8.51. The van der Waals surface area contributed by atoms with Gasteiger partial charge in [0.1, 0.15) is 17.3 Å². The molecule has 180 valence electrons. The molecule has 0 aromatic heterocycles. The molecule has 3 amide bonds. The van der Waals surface area contributed by atoms with Crippen LogP contribution >= 0.6 is 11.8 Å². The van der Waals surface area contributed by atoms with Crippen LogP contribution in [0.3, 0.4) is 0 Å². The van der Waals surface area contributed by atoms with Gasteiger partial charge in [-0.05, 0) is 43.3 Å². The van der Waals surface area contributed by atoms with E-state index in [1.54, 1.807) is 42.5 Å². The summed E-state index contributed by atoms with van der Waals surface area (Å²) in [6.45, 7) is 2.54. The molecule has 2 aromatic carbocycles. The topological polar surface area (TPSA) is 153 Å². The molecule has 3 atom stereocenters. The minimum absolute atomic E-state index is 0.0579. The Bertz CT molecular complexity index is 1070. The highest BCUT2D eigenvalue weighted by Crippen LogP contribution is 2.34. The highest BCUT2D eigenvalue weighted by atomic mass is 32.2. The third kappa shape index (κ3) is 5.71. The van der Waals surface area contributed by atoms with Crippen LogP contribution in [0.5, 0.6) is 17.2 Å². The molecule has 0 aliphatic carbocycles. The van der Waals surface area contributed by atoms with Crippen molar-refractivity contribution >= 4 is 35.2 Å². The van der Waals surface area contributed by atoms with Gasteiger partial charge in [-0.3, -0.25) is 19.7 Å². The second kappa shape index (κ2) is 10.6. The third-order valence-corrected chi connectivity index (χ3v) is 6.03. The van der Waals surface area contributed by atoms with Gasteiger partial charge in [-0.1, -0.05) is 0 Å². The van der Waals surface area contributed by atoms with E-state index in [-0.39, 0.29) is 18.5 Å². The summed E-state index contributed by atoms with van der Waals surface area (Å²) in [4.78, 5) is 37.4. The molecule has 3 unspecified atom stereocenters. The Labute approximate surface area is 200 Å². The fourth-order valence-corrected chi connectivity index (χ4v) is 4.21. The maximum atomic E-state index is 12.6. The van der Waals surface area contributed by atoms with Crippen LogP contribution in [0.15, 0.2) is 42.5 Å². The fourth-order valence-electron chi connectivity index (χ4n) is 3.36. The molecule has 4 rings (SSSR count). The molecule has 0 saturated carbocycles. The van der Waals surface area contributed by atoms with Gasteiger partial charge < -0.3 is 35.9 Å². The molecule has 2 aliphatic rings. The quantitative estimate of drug-likeness (QED) is 0.360. The summed E-state index contributed by atoms with van der Waals surface area (Å²) in [6, 6.07) is 10.7. The average molecular weight is 488 g/mol. The molecule has 0 radical (unpaired) electrons. The molecule has 6 N–H and O–H groups in total. The van der Waals surface area contributed by atoms with E-state index >= 15 is 0 Å². The number of carbonyl (C=O) groups is 3. The summed E-state index contributed by atoms with van der Waals surface area (Å²) >= 11 is 1.16. The van der Waals surface area contributed by atoms with Crippen LogP contribution in [-0.4, -0.2) is 54.6 Å². The maximum Gasteiger partial charge on any atom is 0.252 e. The first-order chi connectivity index (χ1) is 16.4. The summed E-state index contributed by atoms with van der Waals surface area (Å²) < 4.78 is 15.9. The van der Waals surface area contributed by atoms with E-state index < -0.39 is 29.5 Å². The number of rotatable bonds is 8. The highest BCUT2D eigenvalue weighted by Gasteiger charge is 2.35. The molecule has 34 heavy (non-hydrogen) atoms. The number of fused-ring (bicyclic) bond motifs is 1. The molecular weight excluding hydrogens is 462 g/mol. The molecule has 0 bridgehead atoms. The zero-order chi connectivity index (χ0) is 24.1. The van der Waals surface area contributed by atoms with Crippen LogP contribution in [0, 0.1) is 0 Å². The van der Waals surface area contributed by atoms with Crippen LogP contribution < -0.4 is 41.2 Å². The molecule has 11 nitrogen and oxygen atoms in total. The van der Waals surface area contributed by atoms with Crippen LogP contribution in [0.25, 0.3) is 0 Å². The summed E-state index contributed by atoms with van der Waals surface area (Å²) in [6.07, 6.45) is -0.838.